The number of nitrogens with zero attached hydrogens (tertiary/aromatic N) is 2. The summed E-state index contributed by atoms with van der Waals surface area (Å²) in [6.45, 7) is 1.69. The predicted molar refractivity (Wildman–Crippen MR) is 99.6 cm³/mol. The summed E-state index contributed by atoms with van der Waals surface area (Å²) in [6.07, 6.45) is 2.17. The molecule has 1 saturated heterocycles. The molecule has 1 aromatic heterocycles. The molecule has 6 heteroatoms. The zero-order chi connectivity index (χ0) is 16.7. The van der Waals surface area contributed by atoms with Gasteiger partial charge in [-0.2, -0.15) is 0 Å². The Labute approximate surface area is 151 Å². The third-order valence-corrected chi connectivity index (χ3v) is 5.76. The third-order valence-electron chi connectivity index (χ3n) is 4.22. The zero-order valence-electron chi connectivity index (χ0n) is 12.8. The summed E-state index contributed by atoms with van der Waals surface area (Å²) >= 11 is 4.91. The maximum Gasteiger partial charge on any atom is 0.253 e. The molecule has 0 bridgehead atoms. The lowest BCUT2D eigenvalue weighted by Crippen LogP contribution is -2.27. The highest BCUT2D eigenvalue weighted by Crippen LogP contribution is 2.37. The molecule has 1 N–H and O–H groups in total. The Kier molecular flexibility index (Phi) is 4.02. The van der Waals surface area contributed by atoms with Gasteiger partial charge in [0, 0.05) is 23.1 Å². The summed E-state index contributed by atoms with van der Waals surface area (Å²) in [6, 6.07) is 10.9. The number of aromatic nitrogens is 1. The molecule has 0 aliphatic carbocycles. The highest BCUT2D eigenvalue weighted by atomic mass is 79.9. The van der Waals surface area contributed by atoms with Crippen LogP contribution in [0, 0.1) is 0 Å². The summed E-state index contributed by atoms with van der Waals surface area (Å²) in [5, 5.41) is 10.8. The Hall–Kier alpha value is -1.92. The molecule has 1 aliphatic heterocycles. The molecule has 3 aromatic rings. The Bertz CT molecular complexity index is 932. The van der Waals surface area contributed by atoms with E-state index in [2.05, 4.69) is 20.9 Å². The first-order valence-corrected chi connectivity index (χ1v) is 9.41. The zero-order valence-corrected chi connectivity index (χ0v) is 15.2. The monoisotopic (exact) mass is 402 g/mol. The van der Waals surface area contributed by atoms with Crippen molar-refractivity contribution in [1.82, 2.24) is 9.88 Å². The van der Waals surface area contributed by atoms with Crippen LogP contribution in [0.5, 0.6) is 5.75 Å². The number of phenols is 1. The van der Waals surface area contributed by atoms with Crippen LogP contribution < -0.4 is 0 Å². The van der Waals surface area contributed by atoms with Gasteiger partial charge in [-0.3, -0.25) is 4.79 Å². The molecular formula is C18H15BrN2O2S. The highest BCUT2D eigenvalue weighted by molar-refractivity contribution is 9.10. The van der Waals surface area contributed by atoms with Crippen molar-refractivity contribution in [2.75, 3.05) is 13.1 Å². The Morgan fingerprint density at radius 1 is 1.17 bits per heavy atom. The third kappa shape index (κ3) is 2.80. The number of phenolic OH excluding ortho intramolecular Hbond substituents is 1. The van der Waals surface area contributed by atoms with Crippen LogP contribution in [-0.4, -0.2) is 34.0 Å². The number of carbonyl (C=O) groups is 1. The van der Waals surface area contributed by atoms with E-state index < -0.39 is 0 Å². The number of rotatable bonds is 2. The first-order valence-electron chi connectivity index (χ1n) is 7.80. The van der Waals surface area contributed by atoms with E-state index in [0.29, 0.717) is 11.1 Å². The number of amides is 1. The van der Waals surface area contributed by atoms with Gasteiger partial charge in [0.25, 0.3) is 5.91 Å². The van der Waals surface area contributed by atoms with Gasteiger partial charge in [0.2, 0.25) is 0 Å². The largest absolute Gasteiger partial charge is 0.507 e. The van der Waals surface area contributed by atoms with Crippen molar-refractivity contribution in [3.8, 4) is 16.3 Å². The van der Waals surface area contributed by atoms with Crippen LogP contribution >= 0.6 is 27.3 Å². The second kappa shape index (κ2) is 6.18. The number of carbonyl (C=O) groups excluding carboxylic acids is 1. The van der Waals surface area contributed by atoms with E-state index in [1.165, 1.54) is 11.3 Å². The predicted octanol–water partition coefficient (Wildman–Crippen LogP) is 4.67. The molecule has 1 amide bonds. The van der Waals surface area contributed by atoms with Crippen LogP contribution in [0.25, 0.3) is 20.8 Å². The number of benzene rings is 2. The summed E-state index contributed by atoms with van der Waals surface area (Å²) in [5.41, 5.74) is 2.24. The minimum atomic E-state index is 0.0923. The first-order chi connectivity index (χ1) is 11.6. The first kappa shape index (κ1) is 15.6. The maximum atomic E-state index is 12.5. The lowest BCUT2D eigenvalue weighted by Gasteiger charge is -2.14. The van der Waals surface area contributed by atoms with E-state index >= 15 is 0 Å². The lowest BCUT2D eigenvalue weighted by molar-refractivity contribution is 0.0793. The number of hydrogen-bond acceptors (Lipinski definition) is 4. The van der Waals surface area contributed by atoms with Gasteiger partial charge in [0.15, 0.2) is 0 Å². The number of hydrogen-bond donors (Lipinski definition) is 1. The van der Waals surface area contributed by atoms with Gasteiger partial charge >= 0.3 is 0 Å². The smallest absolute Gasteiger partial charge is 0.253 e. The minimum absolute atomic E-state index is 0.0923. The standard InChI is InChI=1S/C18H15BrN2O2S/c19-12-4-6-15(22)13(10-12)17-20-14-5-3-11(9-16(14)24-17)18(23)21-7-1-2-8-21/h3-6,9-10,22H,1-2,7-8H2. The van der Waals surface area contributed by atoms with Crippen molar-refractivity contribution in [1.29, 1.82) is 0 Å². The number of aromatic hydroxyl groups is 1. The van der Waals surface area contributed by atoms with Crippen LogP contribution in [0.3, 0.4) is 0 Å². The van der Waals surface area contributed by atoms with Crippen LogP contribution in [-0.2, 0) is 0 Å². The summed E-state index contributed by atoms with van der Waals surface area (Å²) < 4.78 is 1.84. The van der Waals surface area contributed by atoms with Gasteiger partial charge in [-0.05, 0) is 49.2 Å². The molecule has 4 rings (SSSR count). The van der Waals surface area contributed by atoms with E-state index in [4.69, 9.17) is 0 Å². The van der Waals surface area contributed by atoms with Gasteiger partial charge < -0.3 is 10.0 Å². The molecule has 24 heavy (non-hydrogen) atoms. The van der Waals surface area contributed by atoms with Crippen molar-refractivity contribution in [3.05, 3.63) is 46.4 Å². The van der Waals surface area contributed by atoms with Gasteiger partial charge in [0.1, 0.15) is 10.8 Å². The molecule has 0 spiro atoms. The Morgan fingerprint density at radius 2 is 1.96 bits per heavy atom. The quantitative estimate of drug-likeness (QED) is 0.677. The molecule has 2 heterocycles. The molecule has 0 radical (unpaired) electrons. The van der Waals surface area contributed by atoms with Gasteiger partial charge in [-0.25, -0.2) is 4.98 Å². The number of fused-ring (bicyclic) bond motifs is 1. The molecule has 0 atom stereocenters. The average Bonchev–Trinajstić information content (AvgIpc) is 3.24. The number of likely N-dealkylation sites (tertiary alicyclic amines) is 1. The van der Waals surface area contributed by atoms with Crippen LogP contribution in [0.4, 0.5) is 0 Å². The van der Waals surface area contributed by atoms with E-state index in [0.717, 1.165) is 45.6 Å². The topological polar surface area (TPSA) is 53.4 Å². The van der Waals surface area contributed by atoms with Gasteiger partial charge in [-0.15, -0.1) is 11.3 Å². The van der Waals surface area contributed by atoms with Crippen molar-refractivity contribution in [2.45, 2.75) is 12.8 Å². The van der Waals surface area contributed by atoms with Crippen LogP contribution in [0.2, 0.25) is 0 Å². The van der Waals surface area contributed by atoms with Crippen molar-refractivity contribution >= 4 is 43.4 Å². The maximum absolute atomic E-state index is 12.5. The normalized spacial score (nSPS) is 14.5. The molecular weight excluding hydrogens is 388 g/mol. The highest BCUT2D eigenvalue weighted by Gasteiger charge is 2.20. The molecule has 1 fully saturated rings. The summed E-state index contributed by atoms with van der Waals surface area (Å²) in [5.74, 6) is 0.292. The second-order valence-electron chi connectivity index (χ2n) is 5.86. The minimum Gasteiger partial charge on any atom is -0.507 e. The molecule has 2 aromatic carbocycles. The van der Waals surface area contributed by atoms with E-state index in [1.807, 2.05) is 29.2 Å². The van der Waals surface area contributed by atoms with Crippen LogP contribution in [0.15, 0.2) is 40.9 Å². The molecule has 0 saturated carbocycles. The van der Waals surface area contributed by atoms with E-state index in [9.17, 15) is 9.90 Å². The van der Waals surface area contributed by atoms with Gasteiger partial charge in [0.05, 0.1) is 15.8 Å². The lowest BCUT2D eigenvalue weighted by atomic mass is 10.2. The van der Waals surface area contributed by atoms with E-state index in [1.54, 1.807) is 12.1 Å². The molecule has 122 valence electrons. The summed E-state index contributed by atoms with van der Waals surface area (Å²) in [4.78, 5) is 19.0. The fourth-order valence-corrected chi connectivity index (χ4v) is 4.35. The van der Waals surface area contributed by atoms with Crippen LogP contribution in [0.1, 0.15) is 23.2 Å². The summed E-state index contributed by atoms with van der Waals surface area (Å²) in [7, 11) is 0. The molecule has 4 nitrogen and oxygen atoms in total. The second-order valence-corrected chi connectivity index (χ2v) is 7.81. The van der Waals surface area contributed by atoms with Crippen molar-refractivity contribution in [2.24, 2.45) is 0 Å². The number of halogens is 1. The SMILES string of the molecule is O=C(c1ccc2nc(-c3cc(Br)ccc3O)sc2c1)N1CCCC1. The molecule has 1 aliphatic rings. The number of thiazole rings is 1. The van der Waals surface area contributed by atoms with E-state index in [-0.39, 0.29) is 11.7 Å². The average molecular weight is 403 g/mol. The van der Waals surface area contributed by atoms with Crippen molar-refractivity contribution in [3.63, 3.8) is 0 Å². The molecule has 0 unspecified atom stereocenters. The Morgan fingerprint density at radius 3 is 2.75 bits per heavy atom. The fraction of sp³-hybridized carbons (Fsp3) is 0.222. The van der Waals surface area contributed by atoms with Crippen molar-refractivity contribution < 1.29 is 9.90 Å². The van der Waals surface area contributed by atoms with Gasteiger partial charge in [-0.1, -0.05) is 15.9 Å². The fourth-order valence-electron chi connectivity index (χ4n) is 2.96. The Balaban J connectivity index is 1.73.